The van der Waals surface area contributed by atoms with Crippen LogP contribution >= 0.6 is 0 Å². The molecule has 0 nitrogen and oxygen atoms in total. The minimum Gasteiger partial charge on any atom is -0.251 e. The van der Waals surface area contributed by atoms with E-state index < -0.39 is 43.5 Å². The number of hydrogen-bond acceptors (Lipinski definition) is 0. The van der Waals surface area contributed by atoms with E-state index in [2.05, 4.69) is 173 Å². The molecule has 0 fully saturated rings. The molecule has 0 aromatic rings. The minimum absolute atomic E-state index is 0.0162. The summed E-state index contributed by atoms with van der Waals surface area (Å²) in [5.41, 5.74) is -1.04. The Balaban J connectivity index is -0.000000127. The molecule has 594 valence electrons. The Morgan fingerprint density at radius 3 is 0.615 bits per heavy atom. The number of hydrogen-bond donors (Lipinski definition) is 0. The van der Waals surface area contributed by atoms with E-state index in [1.165, 1.54) is 12.8 Å². The first-order chi connectivity index (χ1) is 43.2. The van der Waals surface area contributed by atoms with Gasteiger partial charge in [-0.1, -0.05) is 276 Å². The molecule has 0 bridgehead atoms. The molecule has 0 amide bonds. The van der Waals surface area contributed by atoms with Crippen molar-refractivity contribution in [3.8, 4) is 0 Å². The maximum atomic E-state index is 13.6. The Kier molecular flexibility index (Phi) is 74.4. The average molecular weight is 1410 g/mol. The van der Waals surface area contributed by atoms with Crippen molar-refractivity contribution in [1.29, 1.82) is 0 Å². The van der Waals surface area contributed by atoms with Crippen LogP contribution in [0, 0.1) is 172 Å². The van der Waals surface area contributed by atoms with Crippen molar-refractivity contribution >= 4 is 0 Å². The lowest BCUT2D eigenvalue weighted by molar-refractivity contribution is -0.0183. The molecule has 0 N–H and O–H groups in total. The molecule has 0 aromatic carbocycles. The zero-order valence-corrected chi connectivity index (χ0v) is 72.1. The Morgan fingerprint density at radius 2 is 0.552 bits per heavy atom. The Hall–Kier alpha value is -0.770. The molecule has 2 unspecified atom stereocenters. The van der Waals surface area contributed by atoms with E-state index >= 15 is 0 Å². The lowest BCUT2D eigenvalue weighted by Crippen LogP contribution is -2.34. The molecule has 0 rings (SSSR count). The van der Waals surface area contributed by atoms with Gasteiger partial charge < -0.3 is 0 Å². The first-order valence-corrected chi connectivity index (χ1v) is 39.0. The van der Waals surface area contributed by atoms with E-state index in [0.717, 1.165) is 31.1 Å². The van der Waals surface area contributed by atoms with Crippen molar-refractivity contribution < 1.29 is 48.3 Å². The fraction of sp³-hybridized carbons (Fsp3) is 1.00. The molecule has 0 spiro atoms. The summed E-state index contributed by atoms with van der Waals surface area (Å²) in [7, 11) is 0. The molecule has 0 radical (unpaired) electrons. The van der Waals surface area contributed by atoms with E-state index in [0.29, 0.717) is 107 Å². The van der Waals surface area contributed by atoms with E-state index in [4.69, 9.17) is 0 Å². The topological polar surface area (TPSA) is 0 Å². The highest BCUT2D eigenvalue weighted by molar-refractivity contribution is 4.83. The van der Waals surface area contributed by atoms with E-state index in [1.54, 1.807) is 20.8 Å². The highest BCUT2D eigenvalue weighted by Gasteiger charge is 2.34. The summed E-state index contributed by atoms with van der Waals surface area (Å²) in [5.74, 6) is 9.46. The lowest BCUT2D eigenvalue weighted by Gasteiger charge is -2.33. The van der Waals surface area contributed by atoms with Crippen molar-refractivity contribution in [3.05, 3.63) is 0 Å². The summed E-state index contributed by atoms with van der Waals surface area (Å²) in [5, 5.41) is 0. The third-order valence-corrected chi connectivity index (χ3v) is 20.1. The van der Waals surface area contributed by atoms with E-state index in [9.17, 15) is 48.3 Å². The van der Waals surface area contributed by atoms with Crippen LogP contribution in [-0.2, 0) is 0 Å². The van der Waals surface area contributed by atoms with Gasteiger partial charge in [0.2, 0.25) is 12.3 Å². The normalized spacial score (nSPS) is 13.2. The van der Waals surface area contributed by atoms with Gasteiger partial charge in [0.1, 0.15) is 11.8 Å². The molecule has 0 aliphatic carbocycles. The van der Waals surface area contributed by atoms with Crippen LogP contribution in [-0.4, -0.2) is 57.6 Å². The van der Waals surface area contributed by atoms with E-state index in [-0.39, 0.29) is 74.3 Å². The molecule has 0 aromatic heterocycles. The molecule has 0 saturated carbocycles. The molecular formula is C85H177F11. The largest absolute Gasteiger partial charge is 0.251 e. The van der Waals surface area contributed by atoms with Gasteiger partial charge in [0.05, 0.1) is 33.4 Å². The van der Waals surface area contributed by atoms with Gasteiger partial charge in [-0.25, -0.2) is 26.3 Å². The fourth-order valence-corrected chi connectivity index (χ4v) is 16.1. The summed E-state index contributed by atoms with van der Waals surface area (Å²) in [6.07, 6.45) is 0.716. The van der Waals surface area contributed by atoms with Crippen LogP contribution in [0.2, 0.25) is 0 Å². The van der Waals surface area contributed by atoms with Gasteiger partial charge in [0, 0.05) is 18.8 Å². The third kappa shape index (κ3) is 63.0. The van der Waals surface area contributed by atoms with Crippen molar-refractivity contribution in [2.75, 3.05) is 33.4 Å². The molecular weight excluding hydrogens is 1230 g/mol. The van der Waals surface area contributed by atoms with Crippen molar-refractivity contribution in [2.45, 2.75) is 347 Å². The van der Waals surface area contributed by atoms with Crippen molar-refractivity contribution in [1.82, 2.24) is 0 Å². The number of halogens is 11. The first-order valence-electron chi connectivity index (χ1n) is 39.0. The highest BCUT2D eigenvalue weighted by Crippen LogP contribution is 2.36. The SMILES string of the molecule is CC(C)C(C(C)C)C(C)(C)F.CC(C)C(C(C)C)C(C)CF.CC(C)C(C(C)C)C(C)F.CC(C)C(C(C)C)C(CF)CF.CC(C)C(CC(C)(F)F)C(C)C.CC(C)C(CC(F)F)C(C)C.CC(C)C(CCF)C(C)C.CC(C)C(CF)C(C)C.CCCC(C(C)C)C(C)C. The Labute approximate surface area is 597 Å². The molecule has 2 atom stereocenters. The molecule has 11 heteroatoms. The smallest absolute Gasteiger partial charge is 0.245 e. The zero-order valence-electron chi connectivity index (χ0n) is 72.1. The monoisotopic (exact) mass is 1410 g/mol. The summed E-state index contributed by atoms with van der Waals surface area (Å²) >= 11 is 0. The summed E-state index contributed by atoms with van der Waals surface area (Å²) in [4.78, 5) is 0. The van der Waals surface area contributed by atoms with Gasteiger partial charge in [0.15, 0.2) is 0 Å². The van der Waals surface area contributed by atoms with Gasteiger partial charge in [-0.2, -0.15) is 0 Å². The van der Waals surface area contributed by atoms with Gasteiger partial charge in [-0.15, -0.1) is 0 Å². The lowest BCUT2D eigenvalue weighted by atomic mass is 9.76. The standard InChI is InChI=1S/2C10H20F2.2C10H21F.C10H22.C9H18F2.2C9H19F.C8H17F/c1-7(2)9(8(3)4)6-10(5,11)12;1-7(2)10(8(3)4)9(5-11)6-12;1-7(2)9(8(3)4)10(5,6)11;1-7(2)10(8(3)4)9(5)6-11;1-6-7-10(8(2)3)9(4)5;1-6(2)8(7(3)4)5-9(10)11;1-7(2)9(5-6-10)8(3)4;1-6(2)9(7(3)4)8(5)10;1-6(2)8(5-9)7(3)4/h7-9H,6H2,1-5H3;7-10H,5-6H2,1-4H3;7-9H,1-6H3;7-10H,6H2,1-5H3;8-10H,6-7H2,1-5H3;6-9H,5H2,1-4H3;7-9H,5-6H2,1-4H3;6-9H,1-5H3;6-8H,5H2,1-4H3. The van der Waals surface area contributed by atoms with Crippen LogP contribution in [0.25, 0.3) is 0 Å². The predicted molar refractivity (Wildman–Crippen MR) is 412 cm³/mol. The second-order valence-corrected chi connectivity index (χ2v) is 35.7. The minimum atomic E-state index is -2.51. The quantitative estimate of drug-likeness (QED) is 0.0564. The molecule has 0 aliphatic rings. The van der Waals surface area contributed by atoms with Crippen LogP contribution < -0.4 is 0 Å². The van der Waals surface area contributed by atoms with Gasteiger partial charge in [-0.05, 0) is 200 Å². The second kappa shape index (κ2) is 62.8. The third-order valence-electron chi connectivity index (χ3n) is 20.1. The summed E-state index contributed by atoms with van der Waals surface area (Å²) in [6, 6.07) is 0. The first kappa shape index (κ1) is 114. The fourth-order valence-electron chi connectivity index (χ4n) is 16.1. The Bertz CT molecular complexity index is 1460. The highest BCUT2D eigenvalue weighted by atomic mass is 19.3. The van der Waals surface area contributed by atoms with Crippen LogP contribution in [0.4, 0.5) is 48.3 Å². The van der Waals surface area contributed by atoms with Crippen LogP contribution in [0.15, 0.2) is 0 Å². The maximum Gasteiger partial charge on any atom is 0.245 e. The van der Waals surface area contributed by atoms with Crippen LogP contribution in [0.3, 0.4) is 0 Å². The number of alkyl halides is 11. The van der Waals surface area contributed by atoms with Gasteiger partial charge in [-0.3, -0.25) is 22.0 Å². The molecule has 96 heavy (non-hydrogen) atoms. The Morgan fingerprint density at radius 1 is 0.281 bits per heavy atom. The van der Waals surface area contributed by atoms with Gasteiger partial charge >= 0.3 is 0 Å². The second-order valence-electron chi connectivity index (χ2n) is 35.7. The molecule has 0 heterocycles. The van der Waals surface area contributed by atoms with Crippen LogP contribution in [0.1, 0.15) is 323 Å². The van der Waals surface area contributed by atoms with Crippen molar-refractivity contribution in [2.24, 2.45) is 172 Å². The van der Waals surface area contributed by atoms with Crippen LogP contribution in [0.5, 0.6) is 0 Å². The predicted octanol–water partition coefficient (Wildman–Crippen LogP) is 31.3. The summed E-state index contributed by atoms with van der Waals surface area (Å²) in [6.45, 7) is 84.6. The summed E-state index contributed by atoms with van der Waals surface area (Å²) < 4.78 is 137. The van der Waals surface area contributed by atoms with E-state index in [1.807, 2.05) is 90.0 Å². The molecule has 0 aliphatic heterocycles. The zero-order chi connectivity index (χ0) is 79.0. The molecule has 0 saturated heterocycles. The van der Waals surface area contributed by atoms with Gasteiger partial charge in [0.25, 0.3) is 0 Å². The van der Waals surface area contributed by atoms with Crippen molar-refractivity contribution in [3.63, 3.8) is 0 Å². The maximum absolute atomic E-state index is 13.6. The average Bonchev–Trinajstić information content (AvgIpc) is 3.38. The number of rotatable bonds is 34.